The molecular weight excluding hydrogens is 899 g/mol. The van der Waals surface area contributed by atoms with Crippen LogP contribution in [0.15, 0.2) is 0 Å². The molecule has 31 heteroatoms. The number of hydrogen-bond donors (Lipinski definition) is 0. The fourth-order valence-corrected chi connectivity index (χ4v) is 2.31. The summed E-state index contributed by atoms with van der Waals surface area (Å²) >= 11 is 0. The minimum atomic E-state index is -7.90. The van der Waals surface area contributed by atoms with Crippen molar-refractivity contribution in [1.29, 1.82) is 0 Å². The predicted molar refractivity (Wildman–Crippen MR) is 71.1 cm³/mol. The van der Waals surface area contributed by atoms with E-state index in [1.807, 2.05) is 0 Å². The van der Waals surface area contributed by atoms with Crippen LogP contribution in [0.25, 0.3) is 0 Å². The normalized spacial score (nSPS) is 16.0. The van der Waals surface area contributed by atoms with Crippen LogP contribution in [0.3, 0.4) is 0 Å². The van der Waals surface area contributed by atoms with E-state index in [0.29, 0.717) is 0 Å². The van der Waals surface area contributed by atoms with Crippen molar-refractivity contribution in [2.45, 2.75) is 58.4 Å². The van der Waals surface area contributed by atoms with E-state index in [-0.39, 0.29) is 27.7 Å². The summed E-state index contributed by atoms with van der Waals surface area (Å²) in [5.41, 5.74) is 0. The van der Waals surface area contributed by atoms with Gasteiger partial charge in [-0.15, -0.1) is 0 Å². The Labute approximate surface area is 229 Å². The summed E-state index contributed by atoms with van der Waals surface area (Å²) in [5, 5.41) is -14.8. The van der Waals surface area contributed by atoms with Crippen LogP contribution in [-0.2, 0) is 47.9 Å². The number of hydrogen-bond acceptors (Lipinski definition) is 6. The van der Waals surface area contributed by atoms with Crippen LogP contribution in [0.4, 0.5) is 96.6 Å². The van der Waals surface area contributed by atoms with Crippen LogP contribution >= 0.6 is 0 Å². The number of rotatable bonds is 8. The van der Waals surface area contributed by atoms with Crippen molar-refractivity contribution < 1.29 is 150 Å². The summed E-state index contributed by atoms with van der Waals surface area (Å²) in [6.45, 7) is 0. The van der Waals surface area contributed by atoms with Crippen molar-refractivity contribution in [3.8, 4) is 0 Å². The van der Waals surface area contributed by atoms with E-state index >= 15 is 0 Å². The van der Waals surface area contributed by atoms with Gasteiger partial charge in [0, 0.05) is 0 Å². The molecule has 0 saturated carbocycles. The third-order valence-corrected chi connectivity index (χ3v) is 5.42. The zero-order chi connectivity index (χ0) is 34.0. The van der Waals surface area contributed by atoms with Crippen molar-refractivity contribution in [3.05, 3.63) is 0 Å². The van der Waals surface area contributed by atoms with Crippen molar-refractivity contribution in [1.82, 2.24) is 0 Å². The molecular formula is C10F22HgO6S2. The summed E-state index contributed by atoms with van der Waals surface area (Å²) in [6.07, 6.45) is -14.8. The molecule has 0 aliphatic rings. The van der Waals surface area contributed by atoms with E-state index in [9.17, 15) is 123 Å². The molecule has 0 saturated heterocycles. The molecule has 0 unspecified atom stereocenters. The summed E-state index contributed by atoms with van der Waals surface area (Å²) in [6, 6.07) is 0. The van der Waals surface area contributed by atoms with Gasteiger partial charge in [-0.1, -0.05) is 0 Å². The molecule has 0 aromatic heterocycles. The second-order valence-corrected chi connectivity index (χ2v) is 9.23. The van der Waals surface area contributed by atoms with Crippen molar-refractivity contribution in [2.24, 2.45) is 0 Å². The smallest absolute Gasteiger partial charge is 0.743 e. The van der Waals surface area contributed by atoms with Gasteiger partial charge in [-0.2, -0.15) is 96.6 Å². The quantitative estimate of drug-likeness (QED) is 0.189. The summed E-state index contributed by atoms with van der Waals surface area (Å²) in [4.78, 5) is 0. The Bertz CT molecular complexity index is 1050. The maximum Gasteiger partial charge on any atom is 2.00 e. The first-order valence-electron chi connectivity index (χ1n) is 7.57. The maximum atomic E-state index is 12.4. The van der Waals surface area contributed by atoms with E-state index in [0.717, 1.165) is 0 Å². The predicted octanol–water partition coefficient (Wildman–Crippen LogP) is 5.18. The molecule has 0 bridgehead atoms. The summed E-state index contributed by atoms with van der Waals surface area (Å²) in [5.74, 6) is -46.9. The Hall–Kier alpha value is -0.785. The molecule has 0 atom stereocenters. The Morgan fingerprint density at radius 3 is 0.561 bits per heavy atom. The molecule has 244 valence electrons. The van der Waals surface area contributed by atoms with E-state index in [1.165, 1.54) is 0 Å². The Kier molecular flexibility index (Phi) is 12.3. The van der Waals surface area contributed by atoms with Crippen LogP contribution in [-0.4, -0.2) is 84.3 Å². The molecule has 0 fully saturated rings. The average Bonchev–Trinajstić information content (AvgIpc) is 2.63. The zero-order valence-corrected chi connectivity index (χ0v) is 24.4. The van der Waals surface area contributed by atoms with Gasteiger partial charge < -0.3 is 9.11 Å². The first kappa shape index (κ1) is 44.7. The zero-order valence-electron chi connectivity index (χ0n) is 17.3. The van der Waals surface area contributed by atoms with Gasteiger partial charge in [0.15, 0.2) is 20.2 Å². The van der Waals surface area contributed by atoms with Gasteiger partial charge in [-0.05, 0) is 0 Å². The second kappa shape index (κ2) is 11.3. The van der Waals surface area contributed by atoms with Crippen molar-refractivity contribution in [3.63, 3.8) is 0 Å². The number of alkyl halides is 22. The van der Waals surface area contributed by atoms with Gasteiger partial charge in [0.1, 0.15) is 0 Å². The van der Waals surface area contributed by atoms with Gasteiger partial charge in [0.2, 0.25) is 0 Å². The molecule has 0 aromatic carbocycles. The van der Waals surface area contributed by atoms with Crippen molar-refractivity contribution in [2.75, 3.05) is 0 Å². The van der Waals surface area contributed by atoms with Crippen LogP contribution in [0, 0.1) is 0 Å². The fraction of sp³-hybridized carbons (Fsp3) is 1.00. The first-order valence-corrected chi connectivity index (χ1v) is 10.4. The number of halogens is 22. The molecule has 6 nitrogen and oxygen atoms in total. The topological polar surface area (TPSA) is 114 Å². The third-order valence-electron chi connectivity index (χ3n) is 3.65. The minimum Gasteiger partial charge on any atom is -0.743 e. The fourth-order valence-electron chi connectivity index (χ4n) is 1.43. The summed E-state index contributed by atoms with van der Waals surface area (Å²) in [7, 11) is -15.3. The maximum absolute atomic E-state index is 12.4. The van der Waals surface area contributed by atoms with E-state index in [2.05, 4.69) is 0 Å². The van der Waals surface area contributed by atoms with E-state index < -0.39 is 78.6 Å². The second-order valence-electron chi connectivity index (χ2n) is 6.38. The molecule has 0 aliphatic heterocycles. The van der Waals surface area contributed by atoms with Gasteiger partial charge >= 0.3 is 86.1 Å². The summed E-state index contributed by atoms with van der Waals surface area (Å²) < 4.78 is 324. The largest absolute Gasteiger partial charge is 2.00 e. The van der Waals surface area contributed by atoms with Gasteiger partial charge in [-0.25, -0.2) is 16.8 Å². The Balaban J connectivity index is -0.000000688. The molecule has 41 heavy (non-hydrogen) atoms. The first-order chi connectivity index (χ1) is 16.5. The van der Waals surface area contributed by atoms with E-state index in [1.54, 1.807) is 0 Å². The van der Waals surface area contributed by atoms with Gasteiger partial charge in [0.05, 0.1) is 0 Å². The molecule has 0 N–H and O–H groups in total. The Morgan fingerprint density at radius 1 is 0.317 bits per heavy atom. The molecule has 0 rings (SSSR count). The van der Waals surface area contributed by atoms with Gasteiger partial charge in [-0.3, -0.25) is 0 Å². The van der Waals surface area contributed by atoms with E-state index in [4.69, 9.17) is 0 Å². The van der Waals surface area contributed by atoms with Crippen LogP contribution < -0.4 is 0 Å². The minimum absolute atomic E-state index is 0. The molecule has 0 radical (unpaired) electrons. The molecule has 0 amide bonds. The monoisotopic (exact) mass is 900 g/mol. The molecule has 0 aromatic rings. The van der Waals surface area contributed by atoms with Crippen LogP contribution in [0.1, 0.15) is 0 Å². The molecule has 0 heterocycles. The standard InChI is InChI=1S/2C5HF11O3S.Hg/c2*6-1(7,2(8,9)4(12,13)14)3(10,11)5(15,16)20(17,18)19;/h2*(H,17,18,19);/q;;+2/p-2. The average molecular weight is 899 g/mol. The SMILES string of the molecule is O=S(=O)([O-])C(F)(F)C(F)(F)C(F)(F)C(F)(F)C(F)(F)F.O=S(=O)([O-])C(F)(F)C(F)(F)C(F)(F)C(F)(F)C(F)(F)F.[Hg+2]. The molecule has 0 aliphatic carbocycles. The van der Waals surface area contributed by atoms with Crippen LogP contribution in [0.2, 0.25) is 0 Å². The molecule has 0 spiro atoms. The van der Waals surface area contributed by atoms with Crippen LogP contribution in [0.5, 0.6) is 0 Å². The Morgan fingerprint density at radius 2 is 0.463 bits per heavy atom. The van der Waals surface area contributed by atoms with Crippen molar-refractivity contribution >= 4 is 20.2 Å². The third kappa shape index (κ3) is 6.82. The van der Waals surface area contributed by atoms with Gasteiger partial charge in [0.25, 0.3) is 0 Å².